The summed E-state index contributed by atoms with van der Waals surface area (Å²) >= 11 is 3.32. The monoisotopic (exact) mass is 844 g/mol. The average Bonchev–Trinajstić information content (AvgIpc) is 3.78. The first kappa shape index (κ1) is 40.3. The van der Waals surface area contributed by atoms with Gasteiger partial charge in [0.1, 0.15) is 28.5 Å². The lowest BCUT2D eigenvalue weighted by Crippen LogP contribution is -2.71. The largest absolute Gasteiger partial charge is 0.504 e. The topological polar surface area (TPSA) is 326 Å². The summed E-state index contributed by atoms with van der Waals surface area (Å²) in [4.78, 5) is 92.0. The number of hydrazine groups is 3. The maximum absolute atomic E-state index is 13.7. The molecule has 4 aliphatic rings. The van der Waals surface area contributed by atoms with Crippen LogP contribution < -0.4 is 32.9 Å². The lowest BCUT2D eigenvalue weighted by molar-refractivity contribution is -0.150. The van der Waals surface area contributed by atoms with E-state index in [4.69, 9.17) is 15.8 Å². The number of aromatic hydroxyl groups is 2. The number of rotatable bonds is 12. The number of hydrogen-bond donors (Lipinski definition) is 10. The maximum atomic E-state index is 13.7. The van der Waals surface area contributed by atoms with Gasteiger partial charge in [0.05, 0.1) is 11.2 Å². The number of oxime groups is 1. The van der Waals surface area contributed by atoms with Crippen LogP contribution in [0.1, 0.15) is 29.9 Å². The van der Waals surface area contributed by atoms with E-state index in [1.165, 1.54) is 48.6 Å². The molecule has 1 aromatic heterocycles. The number of thioether (sulfide) groups is 2. The number of anilines is 1. The number of thiazole rings is 1. The van der Waals surface area contributed by atoms with Gasteiger partial charge in [-0.05, 0) is 37.6 Å². The number of aromatic nitrogens is 1. The molecule has 300 valence electrons. The lowest BCUT2D eigenvalue weighted by Gasteiger charge is -2.49. The summed E-state index contributed by atoms with van der Waals surface area (Å²) in [5.74, 6) is -6.13. The number of nitrogen functional groups attached to an aromatic ring is 1. The van der Waals surface area contributed by atoms with Gasteiger partial charge in [0.2, 0.25) is 5.60 Å². The molecular formula is C31H32N12O11S3. The second kappa shape index (κ2) is 16.0. The van der Waals surface area contributed by atoms with E-state index in [0.29, 0.717) is 16.4 Å². The van der Waals surface area contributed by atoms with Crippen molar-refractivity contribution in [2.45, 2.75) is 30.9 Å². The number of phenolic OH excluding ortho intramolecular Hbond substituents is 2. The summed E-state index contributed by atoms with van der Waals surface area (Å²) < 4.78 is 0. The fourth-order valence-corrected chi connectivity index (χ4v) is 8.34. The molecule has 0 radical (unpaired) electrons. The van der Waals surface area contributed by atoms with Crippen molar-refractivity contribution in [1.29, 1.82) is 0 Å². The van der Waals surface area contributed by atoms with Gasteiger partial charge < -0.3 is 31.2 Å². The van der Waals surface area contributed by atoms with Crippen LogP contribution in [0.3, 0.4) is 0 Å². The zero-order valence-corrected chi connectivity index (χ0v) is 32.1. The fraction of sp³-hybridized carbons (Fsp3) is 0.258. The van der Waals surface area contributed by atoms with E-state index in [1.807, 2.05) is 0 Å². The van der Waals surface area contributed by atoms with Crippen LogP contribution in [0, 0.1) is 0 Å². The normalized spacial score (nSPS) is 19.0. The van der Waals surface area contributed by atoms with Gasteiger partial charge in [-0.3, -0.25) is 49.9 Å². The molecule has 1 fully saturated rings. The third kappa shape index (κ3) is 8.28. The number of aliphatic imine (C=N–C) groups is 1. The summed E-state index contributed by atoms with van der Waals surface area (Å²) in [7, 11) is 1.69. The Morgan fingerprint density at radius 3 is 2.58 bits per heavy atom. The van der Waals surface area contributed by atoms with Gasteiger partial charge in [-0.2, -0.15) is 0 Å². The van der Waals surface area contributed by atoms with Gasteiger partial charge in [0.25, 0.3) is 29.5 Å². The average molecular weight is 845 g/mol. The summed E-state index contributed by atoms with van der Waals surface area (Å²) in [6.45, 7) is 2.55. The number of nitrogens with one attached hydrogen (secondary N) is 5. The van der Waals surface area contributed by atoms with Crippen LogP contribution in [0.5, 0.6) is 11.5 Å². The standard InChI is InChI=1S/C31H32N12O11S3/c1-31(2,29(52)37-36-23(46)12-4-5-16(44)17(45)6-12)54-39-20(15-11-57-30(32)34-15)25(48)35-21-26(49)42-22(28(50)51)13(10-56-27(21)42)9-55-19-7-14(24(47)38-53)33-18-8-41(3)40-43(18)19/h4-8,11,21,27,40,44-45,53H,9-10H2,1-3H3,(H2,32,34)(H,35,48)(H,36,46)(H,37,52)(H,38,47)(H,50,51)/t21-,27-/m1/s1. The number of aliphatic carboxylic acids is 1. The fourth-order valence-electron chi connectivity index (χ4n) is 5.29. The minimum Gasteiger partial charge on any atom is -0.504 e. The maximum Gasteiger partial charge on any atom is 0.352 e. The third-order valence-corrected chi connectivity index (χ3v) is 11.3. The molecule has 0 unspecified atom stereocenters. The predicted molar refractivity (Wildman–Crippen MR) is 202 cm³/mol. The number of carboxylic acids is 1. The Bertz CT molecular complexity index is 2240. The Hall–Kier alpha value is -6.35. The highest BCUT2D eigenvalue weighted by Crippen LogP contribution is 2.42. The number of nitrogens with zero attached hydrogens (tertiary/aromatic N) is 6. The van der Waals surface area contributed by atoms with E-state index in [9.17, 15) is 44.1 Å². The van der Waals surface area contributed by atoms with Crippen molar-refractivity contribution in [3.05, 3.63) is 69.2 Å². The number of β-lactam (4-membered cyclic amide) rings is 1. The Labute approximate surface area is 333 Å². The quantitative estimate of drug-likeness (QED) is 0.0396. The van der Waals surface area contributed by atoms with E-state index >= 15 is 0 Å². The van der Waals surface area contributed by atoms with E-state index in [-0.39, 0.29) is 39.3 Å². The Morgan fingerprint density at radius 2 is 1.91 bits per heavy atom. The van der Waals surface area contributed by atoms with E-state index in [1.54, 1.807) is 23.3 Å². The Morgan fingerprint density at radius 1 is 1.16 bits per heavy atom. The first-order chi connectivity index (χ1) is 27.0. The van der Waals surface area contributed by atoms with E-state index in [0.717, 1.165) is 40.1 Å². The first-order valence-electron chi connectivity index (χ1n) is 16.2. The van der Waals surface area contributed by atoms with Crippen LogP contribution in [0.25, 0.3) is 0 Å². The van der Waals surface area contributed by atoms with Crippen molar-refractivity contribution in [3.8, 4) is 11.5 Å². The Balaban J connectivity index is 1.13. The van der Waals surface area contributed by atoms with Gasteiger partial charge in [-0.15, -0.1) is 40.4 Å². The van der Waals surface area contributed by atoms with E-state index in [2.05, 4.69) is 36.8 Å². The second-order valence-corrected chi connectivity index (χ2v) is 15.6. The summed E-state index contributed by atoms with van der Waals surface area (Å²) in [6.07, 6.45) is 2.99. The van der Waals surface area contributed by atoms with Crippen LogP contribution in [0.15, 0.2) is 68.1 Å². The summed E-state index contributed by atoms with van der Waals surface area (Å²) in [5, 5.41) is 49.1. The number of carbonyl (C=O) groups excluding carboxylic acids is 5. The van der Waals surface area contributed by atoms with Gasteiger partial charge >= 0.3 is 5.97 Å². The number of benzene rings is 1. The van der Waals surface area contributed by atoms with Crippen LogP contribution in [-0.2, 0) is 28.8 Å². The van der Waals surface area contributed by atoms with Crippen molar-refractivity contribution in [3.63, 3.8) is 0 Å². The highest BCUT2D eigenvalue weighted by molar-refractivity contribution is 8.03. The second-order valence-electron chi connectivity index (χ2n) is 12.6. The van der Waals surface area contributed by atoms with Gasteiger partial charge in [0.15, 0.2) is 28.2 Å². The summed E-state index contributed by atoms with van der Waals surface area (Å²) in [5.41, 5.74) is 12.1. The van der Waals surface area contributed by atoms with Gasteiger partial charge in [-0.1, -0.05) is 5.16 Å². The van der Waals surface area contributed by atoms with Gasteiger partial charge in [0, 0.05) is 35.6 Å². The molecule has 0 aliphatic carbocycles. The SMILES string of the molecule is CN1C=C2N=C(C(=O)NO)C=C(SCC3=C(C(=O)O)N4C(=O)[C@@H](NC(=O)C(=NOC(C)(C)C(=O)NNC(=O)c5ccc(O)c(O)c5)c5csc(N)n5)[C@H]4SC3)N2N1. The lowest BCUT2D eigenvalue weighted by atomic mass is 10.0. The van der Waals surface area contributed by atoms with Crippen molar-refractivity contribution in [1.82, 2.24) is 47.1 Å². The number of amides is 5. The number of hydrogen-bond acceptors (Lipinski definition) is 20. The number of phenols is 2. The number of nitrogens with two attached hydrogens (primary N) is 1. The molecule has 23 nitrogen and oxygen atoms in total. The molecule has 0 bridgehead atoms. The molecule has 5 amide bonds. The third-order valence-electron chi connectivity index (χ3n) is 8.20. The molecule has 11 N–H and O–H groups in total. The Kier molecular flexibility index (Phi) is 11.3. The zero-order valence-electron chi connectivity index (χ0n) is 29.7. The molecule has 6 rings (SSSR count). The predicted octanol–water partition coefficient (Wildman–Crippen LogP) is -1.16. The molecule has 1 aromatic carbocycles. The van der Waals surface area contributed by atoms with Crippen molar-refractivity contribution in [2.75, 3.05) is 24.3 Å². The molecule has 0 spiro atoms. The first-order valence-corrected chi connectivity index (χ1v) is 19.1. The van der Waals surface area contributed by atoms with Crippen molar-refractivity contribution >= 4 is 86.9 Å². The van der Waals surface area contributed by atoms with E-state index < -0.39 is 69.7 Å². The molecule has 4 aliphatic heterocycles. The number of hydroxylamine groups is 1. The van der Waals surface area contributed by atoms with Crippen LogP contribution in [0.2, 0.25) is 0 Å². The minimum absolute atomic E-state index is 0.0598. The highest BCUT2D eigenvalue weighted by Gasteiger charge is 2.54. The van der Waals surface area contributed by atoms with Crippen LogP contribution in [-0.4, -0.2) is 123 Å². The molecule has 2 aromatic rings. The minimum atomic E-state index is -1.83. The zero-order chi connectivity index (χ0) is 41.3. The van der Waals surface area contributed by atoms with Crippen LogP contribution in [0.4, 0.5) is 5.13 Å². The summed E-state index contributed by atoms with van der Waals surface area (Å²) in [6, 6.07) is 2.05. The number of carboxylic acid groups (broad SMARTS) is 1. The van der Waals surface area contributed by atoms with Crippen molar-refractivity contribution < 1.29 is 54.1 Å². The van der Waals surface area contributed by atoms with Crippen LogP contribution >= 0.6 is 34.9 Å². The molecule has 2 atom stereocenters. The number of carbonyl (C=O) groups is 6. The number of fused-ring (bicyclic) bond motifs is 2. The molecule has 1 saturated heterocycles. The molecule has 0 saturated carbocycles. The molecular weight excluding hydrogens is 813 g/mol. The van der Waals surface area contributed by atoms with Crippen molar-refractivity contribution in [2.24, 2.45) is 10.1 Å². The molecule has 5 heterocycles. The molecule has 26 heteroatoms. The highest BCUT2D eigenvalue weighted by atomic mass is 32.2. The molecule has 57 heavy (non-hydrogen) atoms. The van der Waals surface area contributed by atoms with Gasteiger partial charge in [-0.25, -0.2) is 25.3 Å². The smallest absolute Gasteiger partial charge is 0.352 e.